The van der Waals surface area contributed by atoms with E-state index in [1.165, 1.54) is 11.1 Å². The summed E-state index contributed by atoms with van der Waals surface area (Å²) in [7, 11) is 0. The number of benzene rings is 2. The van der Waals surface area contributed by atoms with Crippen molar-refractivity contribution in [1.29, 1.82) is 0 Å². The van der Waals surface area contributed by atoms with Gasteiger partial charge in [0.05, 0.1) is 0 Å². The van der Waals surface area contributed by atoms with E-state index < -0.39 is 0 Å². The molecule has 0 nitrogen and oxygen atoms in total. The zero-order valence-electron chi connectivity index (χ0n) is 8.37. The molecule has 0 atom stereocenters. The summed E-state index contributed by atoms with van der Waals surface area (Å²) in [6, 6.07) is 14.2. The lowest BCUT2D eigenvalue weighted by Crippen LogP contribution is -1.79. The molecule has 0 bridgehead atoms. The number of thiol groups is 1. The Morgan fingerprint density at radius 1 is 0.933 bits per heavy atom. The van der Waals surface area contributed by atoms with E-state index >= 15 is 0 Å². The summed E-state index contributed by atoms with van der Waals surface area (Å²) >= 11 is 10.3. The molecule has 0 spiro atoms. The summed E-state index contributed by atoms with van der Waals surface area (Å²) in [5, 5.41) is 0.720. The molecule has 0 N–H and O–H groups in total. The van der Waals surface area contributed by atoms with Crippen molar-refractivity contribution in [2.75, 3.05) is 0 Å². The van der Waals surface area contributed by atoms with Crippen molar-refractivity contribution < 1.29 is 0 Å². The lowest BCUT2D eigenvalue weighted by atomic mass is 10.0. The molecular formula is C13H11ClS. The van der Waals surface area contributed by atoms with Crippen LogP contribution in [-0.2, 0) is 0 Å². The molecule has 2 rings (SSSR count). The molecule has 15 heavy (non-hydrogen) atoms. The Kier molecular flexibility index (Phi) is 3.03. The summed E-state index contributed by atoms with van der Waals surface area (Å²) in [6.07, 6.45) is 0. The predicted molar refractivity (Wildman–Crippen MR) is 68.9 cm³/mol. The Hall–Kier alpha value is -0.920. The Bertz CT molecular complexity index is 454. The Morgan fingerprint density at radius 2 is 1.60 bits per heavy atom. The number of hydrogen-bond donors (Lipinski definition) is 1. The molecule has 0 amide bonds. The van der Waals surface area contributed by atoms with Crippen LogP contribution in [0.15, 0.2) is 47.4 Å². The number of halogens is 1. The van der Waals surface area contributed by atoms with Crippen molar-refractivity contribution in [1.82, 2.24) is 0 Å². The van der Waals surface area contributed by atoms with Crippen LogP contribution in [0.3, 0.4) is 0 Å². The van der Waals surface area contributed by atoms with Crippen molar-refractivity contribution in [3.8, 4) is 11.1 Å². The van der Waals surface area contributed by atoms with Crippen LogP contribution in [0.25, 0.3) is 11.1 Å². The molecular weight excluding hydrogens is 224 g/mol. The van der Waals surface area contributed by atoms with Crippen molar-refractivity contribution in [2.45, 2.75) is 11.8 Å². The van der Waals surface area contributed by atoms with Crippen LogP contribution in [0.2, 0.25) is 5.02 Å². The minimum atomic E-state index is 0.720. The molecule has 2 aromatic carbocycles. The van der Waals surface area contributed by atoms with Crippen LogP contribution in [0.4, 0.5) is 0 Å². The monoisotopic (exact) mass is 234 g/mol. The topological polar surface area (TPSA) is 0 Å². The smallest absolute Gasteiger partial charge is 0.0423 e. The fourth-order valence-electron chi connectivity index (χ4n) is 1.49. The van der Waals surface area contributed by atoms with E-state index in [2.05, 4.69) is 43.8 Å². The minimum absolute atomic E-state index is 0.720. The van der Waals surface area contributed by atoms with Crippen molar-refractivity contribution in [3.05, 3.63) is 53.1 Å². The first-order chi connectivity index (χ1) is 7.15. The van der Waals surface area contributed by atoms with Crippen molar-refractivity contribution in [3.63, 3.8) is 0 Å². The highest BCUT2D eigenvalue weighted by Gasteiger charge is 2.00. The molecule has 0 heterocycles. The lowest BCUT2D eigenvalue weighted by Gasteiger charge is -2.04. The number of aryl methyl sites for hydroxylation is 1. The first-order valence-electron chi connectivity index (χ1n) is 4.72. The van der Waals surface area contributed by atoms with Gasteiger partial charge in [0.2, 0.25) is 0 Å². The van der Waals surface area contributed by atoms with Crippen LogP contribution in [-0.4, -0.2) is 0 Å². The molecule has 2 aromatic rings. The maximum absolute atomic E-state index is 5.98. The maximum Gasteiger partial charge on any atom is 0.0423 e. The molecule has 0 aromatic heterocycles. The Labute approximate surface area is 100 Å². The molecule has 0 radical (unpaired) electrons. The molecule has 0 aliphatic carbocycles. The first kappa shape index (κ1) is 10.6. The standard InChI is InChI=1S/C13H11ClS/c1-9-2-4-10(5-3-9)11-6-12(14)8-13(15)7-11/h2-8,15H,1H3. The number of rotatable bonds is 1. The second-order valence-corrected chi connectivity index (χ2v) is 4.52. The third kappa shape index (κ3) is 2.55. The van der Waals surface area contributed by atoms with Gasteiger partial charge in [0.25, 0.3) is 0 Å². The summed E-state index contributed by atoms with van der Waals surface area (Å²) in [5.41, 5.74) is 3.53. The van der Waals surface area contributed by atoms with E-state index in [-0.39, 0.29) is 0 Å². The minimum Gasteiger partial charge on any atom is -0.143 e. The maximum atomic E-state index is 5.98. The van der Waals surface area contributed by atoms with Crippen LogP contribution >= 0.6 is 24.2 Å². The van der Waals surface area contributed by atoms with Gasteiger partial charge in [-0.25, -0.2) is 0 Å². The van der Waals surface area contributed by atoms with E-state index in [4.69, 9.17) is 11.6 Å². The third-order valence-corrected chi connectivity index (χ3v) is 2.74. The predicted octanol–water partition coefficient (Wildman–Crippen LogP) is 4.60. The fourth-order valence-corrected chi connectivity index (χ4v) is 2.08. The second-order valence-electron chi connectivity index (χ2n) is 3.56. The van der Waals surface area contributed by atoms with E-state index in [0.29, 0.717) is 0 Å². The van der Waals surface area contributed by atoms with E-state index in [0.717, 1.165) is 15.5 Å². The fraction of sp³-hybridized carbons (Fsp3) is 0.0769. The molecule has 76 valence electrons. The third-order valence-electron chi connectivity index (χ3n) is 2.27. The molecule has 0 aliphatic heterocycles. The average molecular weight is 235 g/mol. The van der Waals surface area contributed by atoms with Crippen LogP contribution in [0.5, 0.6) is 0 Å². The molecule has 0 fully saturated rings. The van der Waals surface area contributed by atoms with Crippen LogP contribution in [0, 0.1) is 6.92 Å². The van der Waals surface area contributed by atoms with E-state index in [1.54, 1.807) is 0 Å². The first-order valence-corrected chi connectivity index (χ1v) is 5.54. The molecule has 0 saturated carbocycles. The molecule has 0 saturated heterocycles. The van der Waals surface area contributed by atoms with Gasteiger partial charge in [-0.3, -0.25) is 0 Å². The summed E-state index contributed by atoms with van der Waals surface area (Å²) in [6.45, 7) is 2.08. The van der Waals surface area contributed by atoms with Crippen molar-refractivity contribution in [2.24, 2.45) is 0 Å². The quantitative estimate of drug-likeness (QED) is 0.685. The average Bonchev–Trinajstić information content (AvgIpc) is 2.17. The van der Waals surface area contributed by atoms with Gasteiger partial charge in [0.1, 0.15) is 0 Å². The van der Waals surface area contributed by atoms with Gasteiger partial charge in [0, 0.05) is 9.92 Å². The van der Waals surface area contributed by atoms with Gasteiger partial charge >= 0.3 is 0 Å². The largest absolute Gasteiger partial charge is 0.143 e. The lowest BCUT2D eigenvalue weighted by molar-refractivity contribution is 1.44. The molecule has 2 heteroatoms. The van der Waals surface area contributed by atoms with Gasteiger partial charge < -0.3 is 0 Å². The van der Waals surface area contributed by atoms with Gasteiger partial charge in [-0.1, -0.05) is 41.4 Å². The van der Waals surface area contributed by atoms with Crippen LogP contribution in [0.1, 0.15) is 5.56 Å². The molecule has 0 aliphatic rings. The normalized spacial score (nSPS) is 10.3. The Morgan fingerprint density at radius 3 is 2.20 bits per heavy atom. The highest BCUT2D eigenvalue weighted by atomic mass is 35.5. The van der Waals surface area contributed by atoms with Gasteiger partial charge in [-0.05, 0) is 36.2 Å². The SMILES string of the molecule is Cc1ccc(-c2cc(S)cc(Cl)c2)cc1. The highest BCUT2D eigenvalue weighted by Crippen LogP contribution is 2.26. The van der Waals surface area contributed by atoms with Gasteiger partial charge in [0.15, 0.2) is 0 Å². The van der Waals surface area contributed by atoms with Crippen molar-refractivity contribution >= 4 is 24.2 Å². The number of hydrogen-bond acceptors (Lipinski definition) is 1. The zero-order chi connectivity index (χ0) is 10.8. The van der Waals surface area contributed by atoms with Crippen LogP contribution < -0.4 is 0 Å². The zero-order valence-corrected chi connectivity index (χ0v) is 10.0. The summed E-state index contributed by atoms with van der Waals surface area (Å²) in [4.78, 5) is 0.887. The van der Waals surface area contributed by atoms with Gasteiger partial charge in [-0.2, -0.15) is 0 Å². The summed E-state index contributed by atoms with van der Waals surface area (Å²) < 4.78 is 0. The highest BCUT2D eigenvalue weighted by molar-refractivity contribution is 7.80. The molecule has 0 unspecified atom stereocenters. The van der Waals surface area contributed by atoms with E-state index in [9.17, 15) is 0 Å². The van der Waals surface area contributed by atoms with E-state index in [1.807, 2.05) is 18.2 Å². The second kappa shape index (κ2) is 4.30. The summed E-state index contributed by atoms with van der Waals surface area (Å²) in [5.74, 6) is 0. The Balaban J connectivity index is 2.49. The van der Waals surface area contributed by atoms with Gasteiger partial charge in [-0.15, -0.1) is 12.6 Å².